The van der Waals surface area contributed by atoms with Crippen molar-refractivity contribution in [3.8, 4) is 0 Å². The highest BCUT2D eigenvalue weighted by Crippen LogP contribution is 2.20. The molecule has 0 bridgehead atoms. The molecular weight excluding hydrogens is 200 g/mol. The Balaban J connectivity index is 2.05. The zero-order valence-corrected chi connectivity index (χ0v) is 10.3. The third-order valence-electron chi connectivity index (χ3n) is 3.52. The number of likely N-dealkylation sites (tertiary alicyclic amines) is 1. The summed E-state index contributed by atoms with van der Waals surface area (Å²) in [6, 6.07) is 0.573. The summed E-state index contributed by atoms with van der Waals surface area (Å²) < 4.78 is 2.01. The van der Waals surface area contributed by atoms with Crippen LogP contribution >= 0.6 is 0 Å². The number of nitrogens with two attached hydrogens (primary N) is 1. The number of aromatic nitrogens is 2. The van der Waals surface area contributed by atoms with Crippen molar-refractivity contribution in [3.63, 3.8) is 0 Å². The van der Waals surface area contributed by atoms with Crippen LogP contribution in [-0.2, 0) is 13.1 Å². The Morgan fingerprint density at radius 2 is 2.38 bits per heavy atom. The Bertz CT molecular complexity index is 345. The zero-order valence-electron chi connectivity index (χ0n) is 10.3. The van der Waals surface area contributed by atoms with Gasteiger partial charge >= 0.3 is 0 Å². The maximum atomic E-state index is 5.78. The van der Waals surface area contributed by atoms with Crippen molar-refractivity contribution in [3.05, 3.63) is 17.5 Å². The first-order valence-electron chi connectivity index (χ1n) is 6.21. The Morgan fingerprint density at radius 3 is 3.00 bits per heavy atom. The van der Waals surface area contributed by atoms with Gasteiger partial charge in [-0.15, -0.1) is 0 Å². The molecule has 1 atom stereocenters. The highest BCUT2D eigenvalue weighted by molar-refractivity contribution is 5.15. The van der Waals surface area contributed by atoms with Gasteiger partial charge in [0.25, 0.3) is 0 Å². The van der Waals surface area contributed by atoms with Gasteiger partial charge in [-0.1, -0.05) is 0 Å². The summed E-state index contributed by atoms with van der Waals surface area (Å²) in [6.07, 6.45) is 4.70. The minimum atomic E-state index is 0.573. The number of nitrogens with zero attached hydrogens (tertiary/aromatic N) is 3. The van der Waals surface area contributed by atoms with E-state index in [9.17, 15) is 0 Å². The van der Waals surface area contributed by atoms with Gasteiger partial charge in [-0.3, -0.25) is 9.58 Å². The summed E-state index contributed by atoms with van der Waals surface area (Å²) in [5.41, 5.74) is 8.29. The fourth-order valence-corrected chi connectivity index (χ4v) is 2.47. The van der Waals surface area contributed by atoms with Crippen LogP contribution in [0.2, 0.25) is 0 Å². The molecule has 1 fully saturated rings. The van der Waals surface area contributed by atoms with Crippen LogP contribution in [0, 0.1) is 6.92 Å². The molecule has 0 radical (unpaired) electrons. The summed E-state index contributed by atoms with van der Waals surface area (Å²) in [5.74, 6) is 0. The van der Waals surface area contributed by atoms with Gasteiger partial charge in [0, 0.05) is 37.4 Å². The van der Waals surface area contributed by atoms with Crippen LogP contribution in [0.3, 0.4) is 0 Å². The molecule has 1 saturated heterocycles. The summed E-state index contributed by atoms with van der Waals surface area (Å²) in [7, 11) is 0. The fraction of sp³-hybridized carbons (Fsp3) is 0.750. The van der Waals surface area contributed by atoms with E-state index < -0.39 is 0 Å². The molecular formula is C12H22N4. The lowest BCUT2D eigenvalue weighted by Gasteiger charge is -2.22. The van der Waals surface area contributed by atoms with E-state index in [1.165, 1.54) is 24.9 Å². The molecule has 4 heteroatoms. The molecule has 0 aliphatic carbocycles. The van der Waals surface area contributed by atoms with Crippen molar-refractivity contribution in [2.45, 2.75) is 45.8 Å². The van der Waals surface area contributed by atoms with Crippen LogP contribution < -0.4 is 5.73 Å². The predicted octanol–water partition coefficient (Wildman–Crippen LogP) is 1.13. The maximum Gasteiger partial charge on any atom is 0.0638 e. The van der Waals surface area contributed by atoms with Crippen molar-refractivity contribution >= 4 is 0 Å². The van der Waals surface area contributed by atoms with Gasteiger partial charge in [-0.05, 0) is 33.2 Å². The third-order valence-corrected chi connectivity index (χ3v) is 3.52. The minimum absolute atomic E-state index is 0.573. The first-order chi connectivity index (χ1) is 7.74. The Kier molecular flexibility index (Phi) is 3.61. The summed E-state index contributed by atoms with van der Waals surface area (Å²) in [5, 5.41) is 4.48. The minimum Gasteiger partial charge on any atom is -0.329 e. The van der Waals surface area contributed by atoms with Crippen molar-refractivity contribution in [2.24, 2.45) is 5.73 Å². The van der Waals surface area contributed by atoms with E-state index in [1.807, 2.05) is 4.68 Å². The second-order valence-corrected chi connectivity index (χ2v) is 4.60. The quantitative estimate of drug-likeness (QED) is 0.831. The molecule has 90 valence electrons. The number of rotatable bonds is 4. The molecule has 0 spiro atoms. The van der Waals surface area contributed by atoms with Crippen molar-refractivity contribution in [1.29, 1.82) is 0 Å². The van der Waals surface area contributed by atoms with Gasteiger partial charge in [-0.25, -0.2) is 0 Å². The number of aryl methyl sites for hydroxylation is 2. The second-order valence-electron chi connectivity index (χ2n) is 4.60. The molecule has 2 N–H and O–H groups in total. The molecule has 2 rings (SSSR count). The molecule has 0 aromatic carbocycles. The topological polar surface area (TPSA) is 47.1 Å². The van der Waals surface area contributed by atoms with Crippen molar-refractivity contribution in [2.75, 3.05) is 13.1 Å². The van der Waals surface area contributed by atoms with E-state index in [-0.39, 0.29) is 0 Å². The molecule has 4 nitrogen and oxygen atoms in total. The average Bonchev–Trinajstić information content (AvgIpc) is 2.86. The molecule has 16 heavy (non-hydrogen) atoms. The van der Waals surface area contributed by atoms with E-state index in [2.05, 4.69) is 30.0 Å². The molecule has 2 heterocycles. The summed E-state index contributed by atoms with van der Waals surface area (Å²) >= 11 is 0. The van der Waals surface area contributed by atoms with E-state index in [0.717, 1.165) is 25.3 Å². The van der Waals surface area contributed by atoms with Crippen LogP contribution in [0.15, 0.2) is 6.20 Å². The van der Waals surface area contributed by atoms with E-state index in [0.29, 0.717) is 6.04 Å². The largest absolute Gasteiger partial charge is 0.329 e. The van der Waals surface area contributed by atoms with Gasteiger partial charge in [0.05, 0.1) is 5.69 Å². The molecule has 1 unspecified atom stereocenters. The normalized spacial score (nSPS) is 21.8. The molecule has 0 saturated carbocycles. The summed E-state index contributed by atoms with van der Waals surface area (Å²) in [6.45, 7) is 8.12. The lowest BCUT2D eigenvalue weighted by molar-refractivity contribution is 0.250. The van der Waals surface area contributed by atoms with Gasteiger partial charge < -0.3 is 5.73 Å². The van der Waals surface area contributed by atoms with E-state index >= 15 is 0 Å². The Morgan fingerprint density at radius 1 is 1.56 bits per heavy atom. The maximum absolute atomic E-state index is 5.78. The van der Waals surface area contributed by atoms with Gasteiger partial charge in [-0.2, -0.15) is 5.10 Å². The van der Waals surface area contributed by atoms with Crippen LogP contribution in [0.25, 0.3) is 0 Å². The van der Waals surface area contributed by atoms with Crippen molar-refractivity contribution < 1.29 is 0 Å². The lowest BCUT2D eigenvalue weighted by Crippen LogP contribution is -2.34. The molecule has 1 aliphatic heterocycles. The van der Waals surface area contributed by atoms with E-state index in [4.69, 9.17) is 5.73 Å². The smallest absolute Gasteiger partial charge is 0.0638 e. The van der Waals surface area contributed by atoms with Crippen LogP contribution in [0.1, 0.15) is 31.0 Å². The van der Waals surface area contributed by atoms with Gasteiger partial charge in [0.1, 0.15) is 0 Å². The number of hydrogen-bond donors (Lipinski definition) is 1. The Hall–Kier alpha value is -0.870. The monoisotopic (exact) mass is 222 g/mol. The molecule has 1 aliphatic rings. The lowest BCUT2D eigenvalue weighted by atomic mass is 10.2. The first-order valence-corrected chi connectivity index (χ1v) is 6.21. The van der Waals surface area contributed by atoms with Crippen LogP contribution in [0.5, 0.6) is 0 Å². The van der Waals surface area contributed by atoms with Gasteiger partial charge in [0.15, 0.2) is 0 Å². The van der Waals surface area contributed by atoms with Crippen LogP contribution in [-0.4, -0.2) is 33.8 Å². The fourth-order valence-electron chi connectivity index (χ4n) is 2.47. The predicted molar refractivity (Wildman–Crippen MR) is 65.1 cm³/mol. The second kappa shape index (κ2) is 4.97. The highest BCUT2D eigenvalue weighted by atomic mass is 15.3. The van der Waals surface area contributed by atoms with Gasteiger partial charge in [0.2, 0.25) is 0 Å². The molecule has 1 aromatic rings. The molecule has 0 amide bonds. The first kappa shape index (κ1) is 11.6. The highest BCUT2D eigenvalue weighted by Gasteiger charge is 2.23. The summed E-state index contributed by atoms with van der Waals surface area (Å²) in [4.78, 5) is 2.49. The number of hydrogen-bond acceptors (Lipinski definition) is 3. The zero-order chi connectivity index (χ0) is 11.5. The Labute approximate surface area is 97.4 Å². The standard InChI is InChI=1S/C12H22N4/c1-3-16-9-11(10(2)14-16)8-15-6-4-5-12(15)7-13/h9,12H,3-8,13H2,1-2H3. The SMILES string of the molecule is CCn1cc(CN2CCCC2CN)c(C)n1. The van der Waals surface area contributed by atoms with E-state index in [1.54, 1.807) is 0 Å². The average molecular weight is 222 g/mol. The third kappa shape index (κ3) is 2.28. The molecule has 1 aromatic heterocycles. The van der Waals surface area contributed by atoms with Crippen LogP contribution in [0.4, 0.5) is 0 Å². The van der Waals surface area contributed by atoms with Crippen molar-refractivity contribution in [1.82, 2.24) is 14.7 Å².